The molecule has 4 rings (SSSR count). The number of para-hydroxylation sites is 1. The van der Waals surface area contributed by atoms with Gasteiger partial charge in [0.15, 0.2) is 6.23 Å². The number of aromatic nitrogens is 3. The van der Waals surface area contributed by atoms with Crippen molar-refractivity contribution in [2.45, 2.75) is 31.1 Å². The molecule has 1 aromatic carbocycles. The minimum atomic E-state index is -1.44. The second-order valence-corrected chi connectivity index (χ2v) is 7.39. The van der Waals surface area contributed by atoms with Crippen molar-refractivity contribution < 1.29 is 24.8 Å². The van der Waals surface area contributed by atoms with Gasteiger partial charge in [-0.1, -0.05) is 18.2 Å². The average Bonchev–Trinajstić information content (AvgIpc) is 3.10. The van der Waals surface area contributed by atoms with Crippen LogP contribution in [0.5, 0.6) is 5.75 Å². The second kappa shape index (κ2) is 9.05. The fourth-order valence-electron chi connectivity index (χ4n) is 3.76. The van der Waals surface area contributed by atoms with Gasteiger partial charge in [-0.2, -0.15) is 0 Å². The predicted molar refractivity (Wildman–Crippen MR) is 113 cm³/mol. The Bertz CT molecular complexity index is 1220. The lowest BCUT2D eigenvalue weighted by Gasteiger charge is -2.18. The molecule has 0 radical (unpaired) electrons. The van der Waals surface area contributed by atoms with E-state index < -0.39 is 42.4 Å². The van der Waals surface area contributed by atoms with Gasteiger partial charge in [0.05, 0.1) is 26.0 Å². The van der Waals surface area contributed by atoms with Crippen molar-refractivity contribution in [3.63, 3.8) is 0 Å². The lowest BCUT2D eigenvalue weighted by atomic mass is 10.0. The topological polar surface area (TPSA) is 136 Å². The number of rotatable bonds is 6. The molecule has 10 nitrogen and oxygen atoms in total. The Kier molecular flexibility index (Phi) is 6.19. The molecule has 0 aliphatic carbocycles. The minimum absolute atomic E-state index is 0.115. The molecule has 1 saturated heterocycles. The van der Waals surface area contributed by atoms with Crippen LogP contribution in [-0.4, -0.2) is 61.5 Å². The number of methoxy groups -OCH3 is 1. The maximum absolute atomic E-state index is 13.0. The lowest BCUT2D eigenvalue weighted by molar-refractivity contribution is -0.0555. The molecule has 0 saturated carbocycles. The summed E-state index contributed by atoms with van der Waals surface area (Å²) in [4.78, 5) is 29.7. The van der Waals surface area contributed by atoms with Crippen molar-refractivity contribution >= 4 is 0 Å². The number of ether oxygens (including phenoxy) is 2. The number of aliphatic hydroxyl groups is 3. The summed E-state index contributed by atoms with van der Waals surface area (Å²) in [5.74, 6) is 0.674. The standard InChI is InChI=1S/C22H23N3O7/c1-31-16-5-3-2-4-15(16)13-6-8-23-14(10-13)11-25-18(27)7-9-24(22(25)30)21-20(29)19(28)17(12-26)32-21/h2-10,17,19-21,26,28-29H,11-12H2,1H3. The number of nitrogens with zero attached hydrogens (tertiary/aromatic N) is 3. The summed E-state index contributed by atoms with van der Waals surface area (Å²) in [6, 6.07) is 12.2. The minimum Gasteiger partial charge on any atom is -0.496 e. The molecule has 0 amide bonds. The summed E-state index contributed by atoms with van der Waals surface area (Å²) in [6.07, 6.45) is -2.31. The Hall–Kier alpha value is -3.31. The zero-order chi connectivity index (χ0) is 22.8. The molecule has 0 bridgehead atoms. The maximum atomic E-state index is 13.0. The number of pyridine rings is 1. The quantitative estimate of drug-likeness (QED) is 0.476. The van der Waals surface area contributed by atoms with Gasteiger partial charge in [0, 0.05) is 24.0 Å². The summed E-state index contributed by atoms with van der Waals surface area (Å²) in [7, 11) is 1.57. The van der Waals surface area contributed by atoms with E-state index in [2.05, 4.69) is 4.98 Å². The van der Waals surface area contributed by atoms with Crippen molar-refractivity contribution in [3.05, 3.63) is 81.4 Å². The van der Waals surface area contributed by atoms with Crippen LogP contribution in [0.1, 0.15) is 11.9 Å². The summed E-state index contributed by atoms with van der Waals surface area (Å²) in [5, 5.41) is 29.5. The molecular formula is C22H23N3O7. The molecule has 1 fully saturated rings. The van der Waals surface area contributed by atoms with Gasteiger partial charge >= 0.3 is 5.69 Å². The number of aliphatic hydroxyl groups excluding tert-OH is 3. The van der Waals surface area contributed by atoms with Gasteiger partial charge < -0.3 is 24.8 Å². The summed E-state index contributed by atoms with van der Waals surface area (Å²) in [6.45, 7) is -0.640. The average molecular weight is 441 g/mol. The van der Waals surface area contributed by atoms with E-state index in [0.29, 0.717) is 11.4 Å². The largest absolute Gasteiger partial charge is 0.496 e. The molecule has 2 aromatic heterocycles. The van der Waals surface area contributed by atoms with E-state index in [1.807, 2.05) is 24.3 Å². The fraction of sp³-hybridized carbons (Fsp3) is 0.318. The summed E-state index contributed by atoms with van der Waals surface area (Å²) in [5.41, 5.74) is 0.814. The van der Waals surface area contributed by atoms with E-state index in [9.17, 15) is 24.9 Å². The van der Waals surface area contributed by atoms with E-state index in [1.165, 1.54) is 12.3 Å². The highest BCUT2D eigenvalue weighted by Crippen LogP contribution is 2.30. The van der Waals surface area contributed by atoms with Crippen LogP contribution in [-0.2, 0) is 11.3 Å². The smallest absolute Gasteiger partial charge is 0.333 e. The normalized spacial score (nSPS) is 22.8. The molecule has 32 heavy (non-hydrogen) atoms. The molecule has 3 heterocycles. The van der Waals surface area contributed by atoms with Crippen LogP contribution >= 0.6 is 0 Å². The number of hydrogen-bond acceptors (Lipinski definition) is 8. The van der Waals surface area contributed by atoms with Crippen molar-refractivity contribution in [1.82, 2.24) is 14.1 Å². The van der Waals surface area contributed by atoms with E-state index in [4.69, 9.17) is 9.47 Å². The zero-order valence-electron chi connectivity index (χ0n) is 17.2. The van der Waals surface area contributed by atoms with E-state index >= 15 is 0 Å². The van der Waals surface area contributed by atoms with E-state index in [-0.39, 0.29) is 6.54 Å². The van der Waals surface area contributed by atoms with Gasteiger partial charge in [0.25, 0.3) is 5.56 Å². The second-order valence-electron chi connectivity index (χ2n) is 7.39. The molecule has 3 N–H and O–H groups in total. The van der Waals surface area contributed by atoms with Gasteiger partial charge in [0.1, 0.15) is 24.1 Å². The fourth-order valence-corrected chi connectivity index (χ4v) is 3.76. The van der Waals surface area contributed by atoms with E-state index in [0.717, 1.165) is 20.3 Å². The van der Waals surface area contributed by atoms with Crippen molar-refractivity contribution in [1.29, 1.82) is 0 Å². The zero-order valence-corrected chi connectivity index (χ0v) is 17.2. The molecule has 4 atom stereocenters. The monoisotopic (exact) mass is 441 g/mol. The molecule has 0 spiro atoms. The van der Waals surface area contributed by atoms with Crippen LogP contribution in [0.15, 0.2) is 64.4 Å². The Morgan fingerprint density at radius 2 is 1.91 bits per heavy atom. The predicted octanol–water partition coefficient (Wildman–Crippen LogP) is -0.260. The summed E-state index contributed by atoms with van der Waals surface area (Å²) >= 11 is 0. The summed E-state index contributed by atoms with van der Waals surface area (Å²) < 4.78 is 12.8. The van der Waals surface area contributed by atoms with Crippen LogP contribution in [0.3, 0.4) is 0 Å². The molecule has 168 valence electrons. The first kappa shape index (κ1) is 21.9. The molecule has 10 heteroatoms. The van der Waals surface area contributed by atoms with Crippen LogP contribution in [0.25, 0.3) is 11.1 Å². The van der Waals surface area contributed by atoms with Crippen molar-refractivity contribution in [2.75, 3.05) is 13.7 Å². The molecule has 1 aliphatic rings. The SMILES string of the molecule is COc1ccccc1-c1ccnc(Cn2c(=O)ccn(C3OC(CO)C(O)C3O)c2=O)c1. The van der Waals surface area contributed by atoms with Crippen molar-refractivity contribution in [3.8, 4) is 16.9 Å². The highest BCUT2D eigenvalue weighted by molar-refractivity contribution is 5.70. The van der Waals surface area contributed by atoms with Crippen LogP contribution in [0, 0.1) is 0 Å². The Labute approximate surface area is 182 Å². The third-order valence-electron chi connectivity index (χ3n) is 5.44. The van der Waals surface area contributed by atoms with Gasteiger partial charge in [0.2, 0.25) is 0 Å². The first-order valence-electron chi connectivity index (χ1n) is 9.97. The van der Waals surface area contributed by atoms with E-state index in [1.54, 1.807) is 25.4 Å². The van der Waals surface area contributed by atoms with Gasteiger partial charge in [-0.25, -0.2) is 4.79 Å². The molecule has 1 aliphatic heterocycles. The third kappa shape index (κ3) is 3.96. The van der Waals surface area contributed by atoms with Gasteiger partial charge in [-0.05, 0) is 23.8 Å². The maximum Gasteiger partial charge on any atom is 0.333 e. The van der Waals surface area contributed by atoms with Crippen LogP contribution in [0.2, 0.25) is 0 Å². The third-order valence-corrected chi connectivity index (χ3v) is 5.44. The van der Waals surface area contributed by atoms with Crippen LogP contribution < -0.4 is 16.0 Å². The number of hydrogen-bond donors (Lipinski definition) is 3. The first-order chi connectivity index (χ1) is 15.4. The molecule has 3 aromatic rings. The molecular weight excluding hydrogens is 418 g/mol. The Morgan fingerprint density at radius 1 is 1.12 bits per heavy atom. The number of benzene rings is 1. The van der Waals surface area contributed by atoms with Gasteiger partial charge in [-0.3, -0.25) is 18.9 Å². The Morgan fingerprint density at radius 3 is 2.62 bits per heavy atom. The first-order valence-corrected chi connectivity index (χ1v) is 9.97. The molecule has 4 unspecified atom stereocenters. The van der Waals surface area contributed by atoms with Gasteiger partial charge in [-0.15, -0.1) is 0 Å². The highest BCUT2D eigenvalue weighted by Gasteiger charge is 2.43. The van der Waals surface area contributed by atoms with Crippen LogP contribution in [0.4, 0.5) is 0 Å². The Balaban J connectivity index is 1.68. The lowest BCUT2D eigenvalue weighted by Crippen LogP contribution is -2.43. The van der Waals surface area contributed by atoms with Crippen molar-refractivity contribution in [2.24, 2.45) is 0 Å². The highest BCUT2D eigenvalue weighted by atomic mass is 16.6.